The number of hydrogen-bond donors (Lipinski definition) is 2. The quantitative estimate of drug-likeness (QED) is 0.753. The van der Waals surface area contributed by atoms with Crippen molar-refractivity contribution in [3.05, 3.63) is 54.1 Å². The maximum absolute atomic E-state index is 13.1. The van der Waals surface area contributed by atoms with Crippen LogP contribution in [0, 0.1) is 0 Å². The molecule has 3 rings (SSSR count). The smallest absolute Gasteiger partial charge is 0.387 e. The fraction of sp³-hybridized carbons (Fsp3) is 0.333. The fourth-order valence-corrected chi connectivity index (χ4v) is 3.20. The van der Waals surface area contributed by atoms with E-state index in [9.17, 15) is 18.4 Å². The van der Waals surface area contributed by atoms with E-state index in [4.69, 9.17) is 0 Å². The molecule has 0 atom stereocenters. The van der Waals surface area contributed by atoms with E-state index in [0.717, 1.165) is 0 Å². The summed E-state index contributed by atoms with van der Waals surface area (Å²) in [6.07, 6.45) is 0. The first-order valence-electron chi connectivity index (χ1n) is 9.71. The van der Waals surface area contributed by atoms with Gasteiger partial charge in [0, 0.05) is 38.4 Å². The number of hydrogen-bond acceptors (Lipinski definition) is 4. The average molecular weight is 418 g/mol. The molecule has 1 saturated heterocycles. The number of anilines is 2. The van der Waals surface area contributed by atoms with Crippen molar-refractivity contribution in [2.75, 3.05) is 38.0 Å². The predicted molar refractivity (Wildman–Crippen MR) is 109 cm³/mol. The molecule has 1 fully saturated rings. The number of urea groups is 1. The minimum absolute atomic E-state index is 0.0601. The molecule has 2 aromatic rings. The van der Waals surface area contributed by atoms with E-state index in [1.54, 1.807) is 46.2 Å². The van der Waals surface area contributed by atoms with Crippen LogP contribution in [0.5, 0.6) is 5.75 Å². The highest BCUT2D eigenvalue weighted by Gasteiger charge is 2.25. The summed E-state index contributed by atoms with van der Waals surface area (Å²) in [4.78, 5) is 28.4. The van der Waals surface area contributed by atoms with E-state index in [1.165, 1.54) is 12.1 Å². The van der Waals surface area contributed by atoms with Gasteiger partial charge in [-0.2, -0.15) is 8.78 Å². The summed E-state index contributed by atoms with van der Waals surface area (Å²) in [5.74, 6) is -0.0730. The second-order valence-corrected chi connectivity index (χ2v) is 6.69. The normalized spacial score (nSPS) is 13.9. The molecule has 1 heterocycles. The molecule has 0 saturated carbocycles. The number of ether oxygens (including phenoxy) is 1. The van der Waals surface area contributed by atoms with Gasteiger partial charge in [0.25, 0.3) is 5.91 Å². The van der Waals surface area contributed by atoms with E-state index in [2.05, 4.69) is 15.4 Å². The molecule has 0 aliphatic carbocycles. The highest BCUT2D eigenvalue weighted by molar-refractivity contribution is 6.00. The van der Waals surface area contributed by atoms with Gasteiger partial charge in [0.1, 0.15) is 5.75 Å². The van der Waals surface area contributed by atoms with Gasteiger partial charge in [-0.1, -0.05) is 12.1 Å². The van der Waals surface area contributed by atoms with Crippen LogP contribution in [-0.4, -0.2) is 61.1 Å². The number of amides is 3. The number of nitrogens with zero attached hydrogens (tertiary/aromatic N) is 2. The molecule has 0 spiro atoms. The van der Waals surface area contributed by atoms with Gasteiger partial charge in [-0.3, -0.25) is 4.79 Å². The number of carbonyl (C=O) groups excluding carboxylic acids is 2. The highest BCUT2D eigenvalue weighted by atomic mass is 19.3. The monoisotopic (exact) mass is 418 g/mol. The van der Waals surface area contributed by atoms with Crippen LogP contribution in [0.1, 0.15) is 17.3 Å². The van der Waals surface area contributed by atoms with Gasteiger partial charge in [-0.25, -0.2) is 4.79 Å². The summed E-state index contributed by atoms with van der Waals surface area (Å²) in [5, 5.41) is 5.92. The summed E-state index contributed by atoms with van der Waals surface area (Å²) in [7, 11) is 0. The molecular formula is C21H24F2N4O3. The number of para-hydroxylation sites is 1. The molecule has 1 aliphatic heterocycles. The minimum atomic E-state index is -2.88. The molecule has 30 heavy (non-hydrogen) atoms. The van der Waals surface area contributed by atoms with E-state index >= 15 is 0 Å². The Morgan fingerprint density at radius 2 is 1.63 bits per heavy atom. The second-order valence-electron chi connectivity index (χ2n) is 6.69. The summed E-state index contributed by atoms with van der Waals surface area (Å²) in [6, 6.07) is 13.0. The van der Waals surface area contributed by atoms with Crippen molar-refractivity contribution in [2.45, 2.75) is 13.5 Å². The zero-order valence-electron chi connectivity index (χ0n) is 16.6. The summed E-state index contributed by atoms with van der Waals surface area (Å²) in [6.45, 7) is 1.38. The van der Waals surface area contributed by atoms with Crippen molar-refractivity contribution >= 4 is 23.3 Å². The molecular weight excluding hydrogens is 394 g/mol. The molecule has 2 N–H and O–H groups in total. The standard InChI is InChI=1S/C21H24F2N4O3/c1-2-24-21(29)27-13-11-26(12-14-27)19(28)17-5-3-4-6-18(17)25-15-7-9-16(10-8-15)30-20(22)23/h3-10,20,25H,2,11-14H2,1H3,(H,24,29). The van der Waals surface area contributed by atoms with Gasteiger partial charge in [0.15, 0.2) is 0 Å². The average Bonchev–Trinajstić information content (AvgIpc) is 2.75. The lowest BCUT2D eigenvalue weighted by molar-refractivity contribution is -0.0498. The van der Waals surface area contributed by atoms with Gasteiger partial charge in [-0.15, -0.1) is 0 Å². The Labute approximate surface area is 173 Å². The van der Waals surface area contributed by atoms with Crippen molar-refractivity contribution < 1.29 is 23.1 Å². The predicted octanol–water partition coefficient (Wildman–Crippen LogP) is 3.52. The molecule has 1 aliphatic rings. The van der Waals surface area contributed by atoms with Gasteiger partial charge < -0.3 is 25.2 Å². The van der Waals surface area contributed by atoms with Gasteiger partial charge in [-0.05, 0) is 43.3 Å². The Balaban J connectivity index is 1.66. The van der Waals surface area contributed by atoms with Crippen molar-refractivity contribution in [1.82, 2.24) is 15.1 Å². The largest absolute Gasteiger partial charge is 0.435 e. The lowest BCUT2D eigenvalue weighted by atomic mass is 10.1. The molecule has 0 bridgehead atoms. The molecule has 160 valence electrons. The number of carbonyl (C=O) groups is 2. The SMILES string of the molecule is CCNC(=O)N1CCN(C(=O)c2ccccc2Nc2ccc(OC(F)F)cc2)CC1. The zero-order chi connectivity index (χ0) is 21.5. The summed E-state index contributed by atoms with van der Waals surface area (Å²) < 4.78 is 28.9. The summed E-state index contributed by atoms with van der Waals surface area (Å²) >= 11 is 0. The Hall–Kier alpha value is -3.36. The van der Waals surface area contributed by atoms with E-state index < -0.39 is 6.61 Å². The molecule has 0 aromatic heterocycles. The molecule has 0 radical (unpaired) electrons. The highest BCUT2D eigenvalue weighted by Crippen LogP contribution is 2.25. The van der Waals surface area contributed by atoms with Gasteiger partial charge >= 0.3 is 12.6 Å². The van der Waals surface area contributed by atoms with Crippen molar-refractivity contribution in [3.63, 3.8) is 0 Å². The molecule has 9 heteroatoms. The first kappa shape index (κ1) is 21.4. The number of halogens is 2. The molecule has 0 unspecified atom stereocenters. The van der Waals surface area contributed by atoms with Crippen LogP contribution in [-0.2, 0) is 0 Å². The van der Waals surface area contributed by atoms with E-state index in [0.29, 0.717) is 49.7 Å². The lowest BCUT2D eigenvalue weighted by Gasteiger charge is -2.35. The third kappa shape index (κ3) is 5.37. The first-order chi connectivity index (χ1) is 14.5. The first-order valence-corrected chi connectivity index (χ1v) is 9.71. The number of nitrogens with one attached hydrogen (secondary N) is 2. The Morgan fingerprint density at radius 3 is 2.27 bits per heavy atom. The van der Waals surface area contributed by atoms with Crippen molar-refractivity contribution in [2.24, 2.45) is 0 Å². The van der Waals surface area contributed by atoms with Crippen molar-refractivity contribution in [3.8, 4) is 5.75 Å². The van der Waals surface area contributed by atoms with Crippen LogP contribution >= 0.6 is 0 Å². The van der Waals surface area contributed by atoms with Crippen LogP contribution in [0.2, 0.25) is 0 Å². The third-order valence-electron chi connectivity index (χ3n) is 4.70. The Morgan fingerprint density at radius 1 is 1.00 bits per heavy atom. The Bertz CT molecular complexity index is 869. The van der Waals surface area contributed by atoms with Crippen molar-refractivity contribution in [1.29, 1.82) is 0 Å². The van der Waals surface area contributed by atoms with E-state index in [-0.39, 0.29) is 17.7 Å². The maximum Gasteiger partial charge on any atom is 0.387 e. The third-order valence-corrected chi connectivity index (χ3v) is 4.70. The topological polar surface area (TPSA) is 73.9 Å². The van der Waals surface area contributed by atoms with E-state index in [1.807, 2.05) is 6.92 Å². The fourth-order valence-electron chi connectivity index (χ4n) is 3.20. The number of piperazine rings is 1. The van der Waals surface area contributed by atoms with Gasteiger partial charge in [0.05, 0.1) is 11.3 Å². The molecule has 7 nitrogen and oxygen atoms in total. The Kier molecular flexibility index (Phi) is 7.05. The lowest BCUT2D eigenvalue weighted by Crippen LogP contribution is -2.53. The van der Waals surface area contributed by atoms with Crippen LogP contribution in [0.25, 0.3) is 0 Å². The number of rotatable bonds is 6. The number of alkyl halides is 2. The zero-order valence-corrected chi connectivity index (χ0v) is 16.6. The molecule has 3 amide bonds. The summed E-state index contributed by atoms with van der Waals surface area (Å²) in [5.41, 5.74) is 1.74. The van der Waals surface area contributed by atoms with Gasteiger partial charge in [0.2, 0.25) is 0 Å². The van der Waals surface area contributed by atoms with Crippen LogP contribution in [0.15, 0.2) is 48.5 Å². The second kappa shape index (κ2) is 9.91. The minimum Gasteiger partial charge on any atom is -0.435 e. The molecule has 2 aromatic carbocycles. The van der Waals surface area contributed by atoms with Crippen LogP contribution in [0.3, 0.4) is 0 Å². The number of benzene rings is 2. The maximum atomic E-state index is 13.1. The van der Waals surface area contributed by atoms with Crippen LogP contribution in [0.4, 0.5) is 25.0 Å². The van der Waals surface area contributed by atoms with Crippen LogP contribution < -0.4 is 15.4 Å².